The molecule has 112 valence electrons. The number of nitrogens with one attached hydrogen (secondary N) is 3. The molecule has 0 radical (unpaired) electrons. The van der Waals surface area contributed by atoms with Gasteiger partial charge in [-0.2, -0.15) is 5.10 Å². The number of carbonyl (C=O) groups excluding carboxylic acids is 1. The highest BCUT2D eigenvalue weighted by molar-refractivity contribution is 5.94. The minimum atomic E-state index is -0.116. The van der Waals surface area contributed by atoms with E-state index in [4.69, 9.17) is 0 Å². The molecule has 1 aromatic heterocycles. The van der Waals surface area contributed by atoms with Crippen molar-refractivity contribution in [2.75, 3.05) is 6.54 Å². The highest BCUT2D eigenvalue weighted by atomic mass is 35.5. The van der Waals surface area contributed by atoms with E-state index in [1.807, 2.05) is 31.2 Å². The minimum Gasteiger partial charge on any atom is -0.347 e. The highest BCUT2D eigenvalue weighted by Gasteiger charge is 2.21. The lowest BCUT2D eigenvalue weighted by Crippen LogP contribution is -2.28. The monoisotopic (exact) mass is 306 g/mol. The van der Waals surface area contributed by atoms with Crippen molar-refractivity contribution in [3.8, 4) is 0 Å². The number of fused-ring (bicyclic) bond motifs is 1. The highest BCUT2D eigenvalue weighted by Crippen LogP contribution is 2.15. The molecule has 21 heavy (non-hydrogen) atoms. The van der Waals surface area contributed by atoms with E-state index in [1.54, 1.807) is 0 Å². The van der Waals surface area contributed by atoms with E-state index in [0.717, 1.165) is 29.8 Å². The number of halogens is 1. The van der Waals surface area contributed by atoms with Crippen LogP contribution in [0.3, 0.4) is 0 Å². The van der Waals surface area contributed by atoms with Crippen LogP contribution in [-0.4, -0.2) is 22.6 Å². The van der Waals surface area contributed by atoms with Gasteiger partial charge in [0, 0.05) is 37.3 Å². The number of aromatic amines is 1. The second-order valence-corrected chi connectivity index (χ2v) is 5.07. The first-order valence-electron chi connectivity index (χ1n) is 6.85. The van der Waals surface area contributed by atoms with Crippen molar-refractivity contribution in [2.24, 2.45) is 0 Å². The number of H-pyrrole nitrogens is 1. The van der Waals surface area contributed by atoms with Crippen molar-refractivity contribution in [2.45, 2.75) is 26.4 Å². The van der Waals surface area contributed by atoms with E-state index in [2.05, 4.69) is 20.8 Å². The molecular formula is C15H19ClN4O. The summed E-state index contributed by atoms with van der Waals surface area (Å²) in [5, 5.41) is 13.3. The number of nitrogens with zero attached hydrogens (tertiary/aromatic N) is 1. The number of rotatable bonds is 3. The summed E-state index contributed by atoms with van der Waals surface area (Å²) >= 11 is 0. The molecule has 0 atom stereocenters. The lowest BCUT2D eigenvalue weighted by Gasteiger charge is -2.13. The molecule has 2 heterocycles. The van der Waals surface area contributed by atoms with E-state index < -0.39 is 0 Å². The molecule has 0 saturated carbocycles. The first-order chi connectivity index (χ1) is 9.75. The summed E-state index contributed by atoms with van der Waals surface area (Å²) in [5.74, 6) is -0.116. The fourth-order valence-corrected chi connectivity index (χ4v) is 2.48. The largest absolute Gasteiger partial charge is 0.347 e. The number of hydrogen-bond acceptors (Lipinski definition) is 3. The Hall–Kier alpha value is -1.85. The third kappa shape index (κ3) is 3.25. The standard InChI is InChI=1S/C15H18N4O.ClH/c1-10-4-2-3-5-11(10)8-17-15(20)14-12-9-16-7-6-13(12)18-19-14;/h2-5,16H,6-9H2,1H3,(H,17,20)(H,18,19);1H. The van der Waals surface area contributed by atoms with Gasteiger partial charge in [-0.3, -0.25) is 9.89 Å². The molecule has 0 unspecified atom stereocenters. The molecule has 1 aliphatic heterocycles. The Bertz CT molecular complexity index is 638. The first-order valence-corrected chi connectivity index (χ1v) is 6.85. The lowest BCUT2D eigenvalue weighted by molar-refractivity contribution is 0.0944. The molecular weight excluding hydrogens is 288 g/mol. The van der Waals surface area contributed by atoms with Crippen molar-refractivity contribution in [1.82, 2.24) is 20.8 Å². The molecule has 1 aromatic carbocycles. The SMILES string of the molecule is Cc1ccccc1CNC(=O)c1n[nH]c2c1CNCC2.Cl. The summed E-state index contributed by atoms with van der Waals surface area (Å²) < 4.78 is 0. The van der Waals surface area contributed by atoms with Crippen LogP contribution in [0.4, 0.5) is 0 Å². The van der Waals surface area contributed by atoms with Crippen LogP contribution in [0.1, 0.15) is 32.9 Å². The molecule has 0 aliphatic carbocycles. The van der Waals surface area contributed by atoms with E-state index in [1.165, 1.54) is 5.56 Å². The van der Waals surface area contributed by atoms with Crippen molar-refractivity contribution in [3.05, 3.63) is 52.3 Å². The molecule has 2 aromatic rings. The van der Waals surface area contributed by atoms with Crippen LogP contribution in [0, 0.1) is 6.92 Å². The van der Waals surface area contributed by atoms with Crippen molar-refractivity contribution in [1.29, 1.82) is 0 Å². The van der Waals surface area contributed by atoms with Gasteiger partial charge in [-0.05, 0) is 18.1 Å². The maximum Gasteiger partial charge on any atom is 0.272 e. The van der Waals surface area contributed by atoms with E-state index in [9.17, 15) is 4.79 Å². The lowest BCUT2D eigenvalue weighted by atomic mass is 10.1. The molecule has 1 aliphatic rings. The summed E-state index contributed by atoms with van der Waals surface area (Å²) in [7, 11) is 0. The summed E-state index contributed by atoms with van der Waals surface area (Å²) in [6.45, 7) is 4.21. The molecule has 0 fully saturated rings. The van der Waals surface area contributed by atoms with Gasteiger partial charge in [0.2, 0.25) is 0 Å². The average molecular weight is 307 g/mol. The zero-order valence-electron chi connectivity index (χ0n) is 11.9. The zero-order valence-corrected chi connectivity index (χ0v) is 12.7. The van der Waals surface area contributed by atoms with Crippen molar-refractivity contribution >= 4 is 18.3 Å². The van der Waals surface area contributed by atoms with Crippen LogP contribution in [0.15, 0.2) is 24.3 Å². The molecule has 0 bridgehead atoms. The molecule has 3 N–H and O–H groups in total. The quantitative estimate of drug-likeness (QED) is 0.808. The van der Waals surface area contributed by atoms with Crippen LogP contribution >= 0.6 is 12.4 Å². The predicted molar refractivity (Wildman–Crippen MR) is 83.6 cm³/mol. The Morgan fingerprint density at radius 1 is 1.38 bits per heavy atom. The average Bonchev–Trinajstić information content (AvgIpc) is 2.90. The van der Waals surface area contributed by atoms with Gasteiger partial charge in [0.15, 0.2) is 5.69 Å². The molecule has 5 nitrogen and oxygen atoms in total. The minimum absolute atomic E-state index is 0. The van der Waals surface area contributed by atoms with Crippen LogP contribution in [-0.2, 0) is 19.5 Å². The van der Waals surface area contributed by atoms with Gasteiger partial charge in [-0.1, -0.05) is 24.3 Å². The Kier molecular flexibility index (Phi) is 4.98. The molecule has 1 amide bonds. The third-order valence-corrected chi connectivity index (χ3v) is 3.72. The predicted octanol–water partition coefficient (Wildman–Crippen LogP) is 1.72. The first kappa shape index (κ1) is 15.5. The van der Waals surface area contributed by atoms with Crippen molar-refractivity contribution < 1.29 is 4.79 Å². The van der Waals surface area contributed by atoms with Crippen LogP contribution in [0.2, 0.25) is 0 Å². The van der Waals surface area contributed by atoms with Gasteiger partial charge in [0.25, 0.3) is 5.91 Å². The topological polar surface area (TPSA) is 69.8 Å². The number of hydrogen-bond donors (Lipinski definition) is 3. The second kappa shape index (κ2) is 6.74. The van der Waals surface area contributed by atoms with Crippen LogP contribution in [0.5, 0.6) is 0 Å². The van der Waals surface area contributed by atoms with Gasteiger partial charge in [0.05, 0.1) is 0 Å². The Morgan fingerprint density at radius 3 is 3.00 bits per heavy atom. The number of benzene rings is 1. The van der Waals surface area contributed by atoms with Crippen LogP contribution < -0.4 is 10.6 Å². The molecule has 0 saturated heterocycles. The Morgan fingerprint density at radius 2 is 2.19 bits per heavy atom. The second-order valence-electron chi connectivity index (χ2n) is 5.07. The van der Waals surface area contributed by atoms with Gasteiger partial charge in [-0.25, -0.2) is 0 Å². The fraction of sp³-hybridized carbons (Fsp3) is 0.333. The summed E-state index contributed by atoms with van der Waals surface area (Å²) in [5.41, 5.74) is 4.89. The van der Waals surface area contributed by atoms with E-state index in [0.29, 0.717) is 18.8 Å². The molecule has 0 spiro atoms. The van der Waals surface area contributed by atoms with Crippen LogP contribution in [0.25, 0.3) is 0 Å². The molecule has 3 rings (SSSR count). The fourth-order valence-electron chi connectivity index (χ4n) is 2.48. The summed E-state index contributed by atoms with van der Waals surface area (Å²) in [6, 6.07) is 8.05. The Balaban J connectivity index is 0.00000161. The summed E-state index contributed by atoms with van der Waals surface area (Å²) in [4.78, 5) is 12.2. The number of aryl methyl sites for hydroxylation is 1. The van der Waals surface area contributed by atoms with Gasteiger partial charge >= 0.3 is 0 Å². The Labute approximate surface area is 129 Å². The van der Waals surface area contributed by atoms with E-state index in [-0.39, 0.29) is 18.3 Å². The van der Waals surface area contributed by atoms with Crippen molar-refractivity contribution in [3.63, 3.8) is 0 Å². The number of aromatic nitrogens is 2. The smallest absolute Gasteiger partial charge is 0.272 e. The zero-order chi connectivity index (χ0) is 13.9. The van der Waals surface area contributed by atoms with Gasteiger partial charge in [-0.15, -0.1) is 12.4 Å². The third-order valence-electron chi connectivity index (χ3n) is 3.72. The number of carbonyl (C=O) groups is 1. The normalized spacial score (nSPS) is 13.2. The van der Waals surface area contributed by atoms with Gasteiger partial charge in [0.1, 0.15) is 0 Å². The maximum atomic E-state index is 12.2. The maximum absolute atomic E-state index is 12.2. The van der Waals surface area contributed by atoms with E-state index >= 15 is 0 Å². The number of amides is 1. The van der Waals surface area contributed by atoms with Gasteiger partial charge < -0.3 is 10.6 Å². The summed E-state index contributed by atoms with van der Waals surface area (Å²) in [6.07, 6.45) is 0.896. The molecule has 6 heteroatoms.